The fourth-order valence-electron chi connectivity index (χ4n) is 1.16. The molecule has 18 heavy (non-hydrogen) atoms. The van der Waals surface area contributed by atoms with E-state index in [9.17, 15) is 4.79 Å². The van der Waals surface area contributed by atoms with E-state index in [1.54, 1.807) is 18.4 Å². The van der Waals surface area contributed by atoms with Gasteiger partial charge in [0.15, 0.2) is 5.82 Å². The van der Waals surface area contributed by atoms with Crippen LogP contribution in [0.1, 0.15) is 21.1 Å². The van der Waals surface area contributed by atoms with Gasteiger partial charge in [-0.25, -0.2) is 0 Å². The molecule has 2 aromatic rings. The number of carbonyl (C=O) groups is 1. The minimum atomic E-state index is -0.341. The van der Waals surface area contributed by atoms with Crippen LogP contribution in [0.4, 0.5) is 6.01 Å². The van der Waals surface area contributed by atoms with Crippen molar-refractivity contribution in [3.05, 3.63) is 27.7 Å². The third kappa shape index (κ3) is 2.94. The number of aryl methyl sites for hydroxylation is 1. The molecule has 92 valence electrons. The second kappa shape index (κ2) is 5.44. The van der Waals surface area contributed by atoms with Crippen molar-refractivity contribution in [2.24, 2.45) is 0 Å². The average molecular weight is 263 g/mol. The topological polar surface area (TPSA) is 88.2 Å². The highest BCUT2D eigenvalue weighted by Gasteiger charge is 2.11. The predicted molar refractivity (Wildman–Crippen MR) is 65.3 cm³/mol. The molecule has 6 nitrogen and oxygen atoms in total. The first kappa shape index (κ1) is 12.3. The van der Waals surface area contributed by atoms with Crippen LogP contribution in [0, 0.1) is 18.8 Å². The fraction of sp³-hybridized carbons (Fsp3) is 0.182. The molecule has 2 heterocycles. The molecule has 0 radical (unpaired) electrons. The van der Waals surface area contributed by atoms with Crippen LogP contribution in [0.5, 0.6) is 0 Å². The van der Waals surface area contributed by atoms with Gasteiger partial charge in [-0.1, -0.05) is 17.0 Å². The molecule has 0 aliphatic carbocycles. The maximum Gasteiger partial charge on any atom is 0.328 e. The quantitative estimate of drug-likeness (QED) is 0.790. The van der Waals surface area contributed by atoms with Crippen LogP contribution < -0.4 is 5.32 Å². The summed E-state index contributed by atoms with van der Waals surface area (Å²) >= 11 is 1.32. The normalized spacial score (nSPS) is 9.67. The lowest BCUT2D eigenvalue weighted by molar-refractivity contribution is 0.102. The van der Waals surface area contributed by atoms with Crippen LogP contribution in [-0.4, -0.2) is 27.8 Å². The van der Waals surface area contributed by atoms with Crippen LogP contribution >= 0.6 is 11.3 Å². The summed E-state index contributed by atoms with van der Waals surface area (Å²) in [6.45, 7) is 1.45. The summed E-state index contributed by atoms with van der Waals surface area (Å²) in [5.41, 5.74) is 0.457. The largest absolute Gasteiger partial charge is 0.384 e. The monoisotopic (exact) mass is 263 g/mol. The molecule has 7 heteroatoms. The summed E-state index contributed by atoms with van der Waals surface area (Å²) in [5, 5.41) is 16.3. The van der Waals surface area contributed by atoms with Crippen molar-refractivity contribution in [2.75, 3.05) is 11.9 Å². The van der Waals surface area contributed by atoms with E-state index in [-0.39, 0.29) is 18.5 Å². The Kier molecular flexibility index (Phi) is 3.72. The molecule has 1 amide bonds. The second-order valence-corrected chi connectivity index (χ2v) is 4.17. The van der Waals surface area contributed by atoms with E-state index in [0.29, 0.717) is 16.3 Å². The molecule has 0 unspecified atom stereocenters. The van der Waals surface area contributed by atoms with Gasteiger partial charge in [0, 0.05) is 5.38 Å². The maximum absolute atomic E-state index is 11.8. The lowest BCUT2D eigenvalue weighted by Crippen LogP contribution is -2.10. The number of hydrogen-bond acceptors (Lipinski definition) is 6. The summed E-state index contributed by atoms with van der Waals surface area (Å²) in [6.07, 6.45) is 0. The van der Waals surface area contributed by atoms with Crippen LogP contribution in [0.2, 0.25) is 0 Å². The second-order valence-electron chi connectivity index (χ2n) is 3.26. The molecule has 0 aliphatic rings. The zero-order valence-corrected chi connectivity index (χ0v) is 10.2. The number of nitrogens with zero attached hydrogens (tertiary/aromatic N) is 2. The smallest absolute Gasteiger partial charge is 0.328 e. The Morgan fingerprint density at radius 3 is 3.17 bits per heavy atom. The number of amides is 1. The summed E-state index contributed by atoms with van der Waals surface area (Å²) < 4.78 is 4.78. The molecule has 0 fully saturated rings. The number of carbonyl (C=O) groups excluding carboxylic acids is 1. The van der Waals surface area contributed by atoms with Crippen molar-refractivity contribution in [3.63, 3.8) is 0 Å². The van der Waals surface area contributed by atoms with Gasteiger partial charge in [-0.3, -0.25) is 10.1 Å². The van der Waals surface area contributed by atoms with Crippen molar-refractivity contribution in [3.8, 4) is 11.8 Å². The van der Waals surface area contributed by atoms with Gasteiger partial charge in [0.25, 0.3) is 5.91 Å². The number of aliphatic hydroxyl groups excluding tert-OH is 1. The van der Waals surface area contributed by atoms with E-state index in [1.165, 1.54) is 11.3 Å². The maximum atomic E-state index is 11.8. The molecule has 0 atom stereocenters. The van der Waals surface area contributed by atoms with Crippen molar-refractivity contribution in [1.82, 2.24) is 10.1 Å². The van der Waals surface area contributed by atoms with Gasteiger partial charge >= 0.3 is 6.01 Å². The Hall–Kier alpha value is -2.17. The van der Waals surface area contributed by atoms with Gasteiger partial charge in [0.05, 0.1) is 10.4 Å². The first-order valence-corrected chi connectivity index (χ1v) is 5.87. The zero-order valence-electron chi connectivity index (χ0n) is 9.43. The minimum Gasteiger partial charge on any atom is -0.384 e. The average Bonchev–Trinajstić information content (AvgIpc) is 2.96. The van der Waals surface area contributed by atoms with E-state index in [4.69, 9.17) is 9.63 Å². The number of nitrogens with one attached hydrogen (secondary N) is 1. The molecule has 0 saturated carbocycles. The Bertz CT molecular complexity index is 621. The molecule has 2 aromatic heterocycles. The highest BCUT2D eigenvalue weighted by Crippen LogP contribution is 2.15. The van der Waals surface area contributed by atoms with Crippen LogP contribution in [0.15, 0.2) is 16.0 Å². The van der Waals surface area contributed by atoms with Crippen molar-refractivity contribution < 1.29 is 14.4 Å². The Morgan fingerprint density at radius 1 is 1.67 bits per heavy atom. The SMILES string of the molecule is Cc1noc(NC(=O)c2csc(C#CCO)c2)n1. The van der Waals surface area contributed by atoms with Gasteiger partial charge < -0.3 is 9.63 Å². The molecule has 0 aliphatic heterocycles. The van der Waals surface area contributed by atoms with E-state index >= 15 is 0 Å². The van der Waals surface area contributed by atoms with Crippen molar-refractivity contribution in [1.29, 1.82) is 0 Å². The Labute approximate surface area is 107 Å². The molecular formula is C11H9N3O3S. The molecule has 0 bridgehead atoms. The fourth-order valence-corrected chi connectivity index (χ4v) is 1.92. The number of aromatic nitrogens is 2. The summed E-state index contributed by atoms with van der Waals surface area (Å²) in [6, 6.07) is 1.69. The van der Waals surface area contributed by atoms with Crippen molar-refractivity contribution >= 4 is 23.3 Å². The molecular weight excluding hydrogens is 254 g/mol. The van der Waals surface area contributed by atoms with Gasteiger partial charge in [-0.2, -0.15) is 4.98 Å². The van der Waals surface area contributed by atoms with Gasteiger partial charge in [-0.15, -0.1) is 11.3 Å². The Morgan fingerprint density at radius 2 is 2.50 bits per heavy atom. The van der Waals surface area contributed by atoms with E-state index < -0.39 is 0 Å². The number of rotatable bonds is 2. The first-order chi connectivity index (χ1) is 8.69. The van der Waals surface area contributed by atoms with Gasteiger partial charge in [0.2, 0.25) is 0 Å². The van der Waals surface area contributed by atoms with Crippen LogP contribution in [0.3, 0.4) is 0 Å². The van der Waals surface area contributed by atoms with Gasteiger partial charge in [0.1, 0.15) is 6.61 Å². The molecule has 0 aromatic carbocycles. The standard InChI is InChI=1S/C11H9N3O3S/c1-7-12-11(17-14-7)13-10(16)8-5-9(18-6-8)3-2-4-15/h5-6,15H,4H2,1H3,(H,12,13,14,16). The number of thiophene rings is 1. The van der Waals surface area contributed by atoms with E-state index in [1.807, 2.05) is 0 Å². The van der Waals surface area contributed by atoms with Crippen LogP contribution in [0.25, 0.3) is 0 Å². The molecule has 2 rings (SSSR count). The first-order valence-electron chi connectivity index (χ1n) is 4.99. The summed E-state index contributed by atoms with van der Waals surface area (Å²) in [4.78, 5) is 16.4. The number of aliphatic hydroxyl groups is 1. The lowest BCUT2D eigenvalue weighted by Gasteiger charge is -1.95. The number of hydrogen-bond donors (Lipinski definition) is 2. The van der Waals surface area contributed by atoms with Crippen LogP contribution in [-0.2, 0) is 0 Å². The minimum absolute atomic E-state index is 0.0618. The third-order valence-electron chi connectivity index (χ3n) is 1.90. The van der Waals surface area contributed by atoms with Crippen molar-refractivity contribution in [2.45, 2.75) is 6.92 Å². The lowest BCUT2D eigenvalue weighted by atomic mass is 10.3. The summed E-state index contributed by atoms with van der Waals surface area (Å²) in [5.74, 6) is 5.35. The highest BCUT2D eigenvalue weighted by atomic mass is 32.1. The predicted octanol–water partition coefficient (Wildman–Crippen LogP) is 1.04. The number of anilines is 1. The third-order valence-corrected chi connectivity index (χ3v) is 2.75. The van der Waals surface area contributed by atoms with Gasteiger partial charge in [-0.05, 0) is 13.0 Å². The van der Waals surface area contributed by atoms with E-state index in [0.717, 1.165) is 0 Å². The molecule has 0 saturated heterocycles. The Balaban J connectivity index is 2.07. The highest BCUT2D eigenvalue weighted by molar-refractivity contribution is 7.10. The summed E-state index contributed by atoms with van der Waals surface area (Å²) in [7, 11) is 0. The van der Waals surface area contributed by atoms with E-state index in [2.05, 4.69) is 27.3 Å². The zero-order chi connectivity index (χ0) is 13.0. The molecule has 0 spiro atoms. The molecule has 2 N–H and O–H groups in total.